The highest BCUT2D eigenvalue weighted by molar-refractivity contribution is 6.30. The first kappa shape index (κ1) is 15.4. The fourth-order valence-electron chi connectivity index (χ4n) is 3.05. The average molecular weight is 310 g/mol. The van der Waals surface area contributed by atoms with E-state index in [0.717, 1.165) is 0 Å². The van der Waals surface area contributed by atoms with Crippen molar-refractivity contribution in [2.75, 3.05) is 0 Å². The molecule has 1 aromatic rings. The minimum absolute atomic E-state index is 0.364. The van der Waals surface area contributed by atoms with Gasteiger partial charge in [0.15, 0.2) is 0 Å². The first-order valence-corrected chi connectivity index (χ1v) is 6.85. The first-order chi connectivity index (χ1) is 9.79. The van der Waals surface area contributed by atoms with E-state index in [1.165, 1.54) is 12.1 Å². The Balaban J connectivity index is 2.76. The third-order valence-corrected chi connectivity index (χ3v) is 4.05. The molecule has 21 heavy (non-hydrogen) atoms. The second-order valence-corrected chi connectivity index (χ2v) is 5.70. The summed E-state index contributed by atoms with van der Waals surface area (Å²) < 4.78 is 0. The minimum Gasteiger partial charge on any atom is -0.481 e. The molecular formula is C15H16ClNO4. The lowest BCUT2D eigenvalue weighted by molar-refractivity contribution is -0.155. The van der Waals surface area contributed by atoms with E-state index in [-0.39, 0.29) is 0 Å². The van der Waals surface area contributed by atoms with Crippen LogP contribution in [0.1, 0.15) is 19.4 Å². The minimum atomic E-state index is -1.65. The topological polar surface area (TPSA) is 86.6 Å². The molecular weight excluding hydrogens is 294 g/mol. The van der Waals surface area contributed by atoms with Gasteiger partial charge in [-0.25, -0.2) is 0 Å². The summed E-state index contributed by atoms with van der Waals surface area (Å²) in [5.41, 5.74) is -0.657. The van der Waals surface area contributed by atoms with Crippen LogP contribution in [0, 0.1) is 5.92 Å². The van der Waals surface area contributed by atoms with E-state index in [9.17, 15) is 19.8 Å². The van der Waals surface area contributed by atoms with Gasteiger partial charge in [0.25, 0.3) is 0 Å². The largest absolute Gasteiger partial charge is 0.481 e. The number of carboxylic acid groups (broad SMARTS) is 2. The Bertz CT molecular complexity index is 628. The van der Waals surface area contributed by atoms with Gasteiger partial charge in [0.05, 0.1) is 0 Å². The molecule has 0 aromatic heterocycles. The molecule has 0 amide bonds. The highest BCUT2D eigenvalue weighted by Crippen LogP contribution is 2.41. The van der Waals surface area contributed by atoms with Gasteiger partial charge in [0, 0.05) is 16.8 Å². The lowest BCUT2D eigenvalue weighted by Gasteiger charge is -2.41. The van der Waals surface area contributed by atoms with Gasteiger partial charge in [0.1, 0.15) is 11.3 Å². The number of allylic oxidation sites excluding steroid dienone is 1. The van der Waals surface area contributed by atoms with E-state index in [2.05, 4.69) is 5.32 Å². The maximum Gasteiger partial charge on any atom is 0.319 e. The number of carboxylic acids is 2. The summed E-state index contributed by atoms with van der Waals surface area (Å²) in [7, 11) is 0. The van der Waals surface area contributed by atoms with E-state index in [0.29, 0.717) is 16.3 Å². The summed E-state index contributed by atoms with van der Waals surface area (Å²) in [6.45, 7) is 3.38. The van der Waals surface area contributed by atoms with Crippen molar-refractivity contribution in [1.82, 2.24) is 5.32 Å². The number of aliphatic carboxylic acids is 2. The number of hydrogen-bond donors (Lipinski definition) is 3. The fraction of sp³-hybridized carbons (Fsp3) is 0.333. The van der Waals surface area contributed by atoms with Crippen molar-refractivity contribution < 1.29 is 19.8 Å². The number of halogens is 1. The molecule has 112 valence electrons. The summed E-state index contributed by atoms with van der Waals surface area (Å²) in [5.74, 6) is -3.51. The Kier molecular flexibility index (Phi) is 3.96. The Morgan fingerprint density at radius 1 is 1.33 bits per heavy atom. The zero-order valence-corrected chi connectivity index (χ0v) is 12.4. The third kappa shape index (κ3) is 2.49. The Morgan fingerprint density at radius 3 is 2.52 bits per heavy atom. The number of nitrogens with one attached hydrogen (secondary N) is 1. The van der Waals surface area contributed by atoms with E-state index >= 15 is 0 Å². The van der Waals surface area contributed by atoms with Crippen molar-refractivity contribution >= 4 is 23.5 Å². The standard InChI is InChI=1S/C15H16ClNO4/c1-8-7-15(14(20)21,10-4-3-5-11(16)6-10)12(13(18)19)9(2)17-8/h3-7,9,12,17H,1-2H3,(H,18,19)(H,20,21). The van der Waals surface area contributed by atoms with Crippen molar-refractivity contribution in [1.29, 1.82) is 0 Å². The Hall–Kier alpha value is -2.01. The molecule has 3 unspecified atom stereocenters. The van der Waals surface area contributed by atoms with Crippen LogP contribution in [0.25, 0.3) is 0 Å². The van der Waals surface area contributed by atoms with Gasteiger partial charge in [-0.15, -0.1) is 0 Å². The summed E-state index contributed by atoms with van der Waals surface area (Å²) in [6, 6.07) is 5.82. The Morgan fingerprint density at radius 2 is 2.00 bits per heavy atom. The van der Waals surface area contributed by atoms with Crippen LogP contribution in [-0.2, 0) is 15.0 Å². The molecule has 0 fully saturated rings. The number of benzene rings is 1. The molecule has 1 aliphatic rings. The van der Waals surface area contributed by atoms with Crippen LogP contribution in [0.15, 0.2) is 36.0 Å². The predicted octanol–water partition coefficient (Wildman–Crippen LogP) is 2.26. The van der Waals surface area contributed by atoms with Crippen LogP contribution >= 0.6 is 11.6 Å². The molecule has 0 saturated carbocycles. The summed E-state index contributed by atoms with van der Waals surface area (Å²) in [4.78, 5) is 23.7. The van der Waals surface area contributed by atoms with Crippen LogP contribution in [0.4, 0.5) is 0 Å². The normalized spacial score (nSPS) is 28.4. The molecule has 3 atom stereocenters. The Labute approximate surface area is 127 Å². The molecule has 5 nitrogen and oxygen atoms in total. The van der Waals surface area contributed by atoms with Gasteiger partial charge < -0.3 is 15.5 Å². The van der Waals surface area contributed by atoms with Gasteiger partial charge in [-0.05, 0) is 37.6 Å². The summed E-state index contributed by atoms with van der Waals surface area (Å²) >= 11 is 5.95. The molecule has 6 heteroatoms. The second-order valence-electron chi connectivity index (χ2n) is 5.26. The zero-order valence-electron chi connectivity index (χ0n) is 11.6. The van der Waals surface area contributed by atoms with Crippen LogP contribution in [0.2, 0.25) is 5.02 Å². The zero-order chi connectivity index (χ0) is 15.8. The van der Waals surface area contributed by atoms with Crippen molar-refractivity contribution in [2.24, 2.45) is 5.92 Å². The number of carbonyl (C=O) groups is 2. The maximum atomic E-state index is 12.0. The molecule has 0 spiro atoms. The van der Waals surface area contributed by atoms with Crippen LogP contribution < -0.4 is 5.32 Å². The predicted molar refractivity (Wildman–Crippen MR) is 78.2 cm³/mol. The third-order valence-electron chi connectivity index (χ3n) is 3.81. The molecule has 1 aromatic carbocycles. The molecule has 0 bridgehead atoms. The quantitative estimate of drug-likeness (QED) is 0.797. The second kappa shape index (κ2) is 5.41. The van der Waals surface area contributed by atoms with E-state index in [1.54, 1.807) is 32.0 Å². The van der Waals surface area contributed by atoms with Crippen molar-refractivity contribution in [3.63, 3.8) is 0 Å². The van der Waals surface area contributed by atoms with Gasteiger partial charge in [-0.3, -0.25) is 9.59 Å². The number of rotatable bonds is 3. The first-order valence-electron chi connectivity index (χ1n) is 6.47. The lowest BCUT2D eigenvalue weighted by atomic mass is 9.65. The smallest absolute Gasteiger partial charge is 0.319 e. The van der Waals surface area contributed by atoms with Crippen molar-refractivity contribution in [3.8, 4) is 0 Å². The van der Waals surface area contributed by atoms with E-state index in [4.69, 9.17) is 11.6 Å². The van der Waals surface area contributed by atoms with Gasteiger partial charge in [-0.1, -0.05) is 23.7 Å². The van der Waals surface area contributed by atoms with E-state index in [1.807, 2.05) is 0 Å². The molecule has 1 heterocycles. The van der Waals surface area contributed by atoms with Gasteiger partial charge >= 0.3 is 11.9 Å². The molecule has 0 aliphatic carbocycles. The fourth-order valence-corrected chi connectivity index (χ4v) is 3.24. The maximum absolute atomic E-state index is 12.0. The van der Waals surface area contributed by atoms with Crippen LogP contribution in [-0.4, -0.2) is 28.2 Å². The molecule has 0 radical (unpaired) electrons. The van der Waals surface area contributed by atoms with Gasteiger partial charge in [-0.2, -0.15) is 0 Å². The highest BCUT2D eigenvalue weighted by Gasteiger charge is 2.54. The summed E-state index contributed by atoms with van der Waals surface area (Å²) in [5, 5.41) is 22.7. The van der Waals surface area contributed by atoms with Crippen molar-refractivity contribution in [2.45, 2.75) is 25.3 Å². The molecule has 2 rings (SSSR count). The monoisotopic (exact) mass is 309 g/mol. The average Bonchev–Trinajstić information content (AvgIpc) is 2.36. The molecule has 1 aliphatic heterocycles. The highest BCUT2D eigenvalue weighted by atomic mass is 35.5. The van der Waals surface area contributed by atoms with Crippen LogP contribution in [0.3, 0.4) is 0 Å². The van der Waals surface area contributed by atoms with Crippen molar-refractivity contribution in [3.05, 3.63) is 46.6 Å². The molecule has 3 N–H and O–H groups in total. The molecule has 0 saturated heterocycles. The summed E-state index contributed by atoms with van der Waals surface area (Å²) in [6.07, 6.45) is 1.46. The number of hydrogen-bond acceptors (Lipinski definition) is 3. The van der Waals surface area contributed by atoms with Gasteiger partial charge in [0.2, 0.25) is 0 Å². The lowest BCUT2D eigenvalue weighted by Crippen LogP contribution is -2.56. The van der Waals surface area contributed by atoms with E-state index < -0.39 is 29.3 Å². The van der Waals surface area contributed by atoms with Crippen LogP contribution in [0.5, 0.6) is 0 Å². The SMILES string of the molecule is CC1=CC(C(=O)O)(c2cccc(Cl)c2)C(C(=O)O)C(C)N1.